The molecule has 0 saturated heterocycles. The standard InChI is InChI=1S/C14H17NO4/c16-14(5-1-2-6-14)9-19-10-3-4-11-12(15-17)8-18-13(11)7-10/h3-4,7,16-17H,1-2,5-6,8-9H2. The number of rotatable bonds is 3. The van der Waals surface area contributed by atoms with Gasteiger partial charge < -0.3 is 19.8 Å². The molecule has 1 aliphatic carbocycles. The molecule has 0 aromatic heterocycles. The predicted octanol–water partition coefficient (Wildman–Crippen LogP) is 1.94. The number of hydrogen-bond donors (Lipinski definition) is 2. The smallest absolute Gasteiger partial charge is 0.134 e. The first-order chi connectivity index (χ1) is 9.20. The zero-order valence-corrected chi connectivity index (χ0v) is 10.6. The Morgan fingerprint density at radius 3 is 2.84 bits per heavy atom. The van der Waals surface area contributed by atoms with Crippen LogP contribution in [0.15, 0.2) is 23.4 Å². The predicted molar refractivity (Wildman–Crippen MR) is 69.2 cm³/mol. The van der Waals surface area contributed by atoms with Crippen molar-refractivity contribution in [2.45, 2.75) is 31.3 Å². The second kappa shape index (κ2) is 4.74. The summed E-state index contributed by atoms with van der Waals surface area (Å²) in [5, 5.41) is 22.2. The fraction of sp³-hybridized carbons (Fsp3) is 0.500. The third-order valence-corrected chi connectivity index (χ3v) is 3.79. The van der Waals surface area contributed by atoms with Crippen molar-refractivity contribution in [1.29, 1.82) is 0 Å². The molecular formula is C14H17NO4. The van der Waals surface area contributed by atoms with Gasteiger partial charge in [-0.15, -0.1) is 0 Å². The number of hydrogen-bond acceptors (Lipinski definition) is 5. The van der Waals surface area contributed by atoms with Gasteiger partial charge in [0.15, 0.2) is 0 Å². The van der Waals surface area contributed by atoms with Crippen LogP contribution in [-0.2, 0) is 0 Å². The first-order valence-corrected chi connectivity index (χ1v) is 6.54. The van der Waals surface area contributed by atoms with Gasteiger partial charge in [-0.05, 0) is 25.0 Å². The molecule has 2 aliphatic rings. The highest BCUT2D eigenvalue weighted by molar-refractivity contribution is 6.05. The molecule has 2 N–H and O–H groups in total. The quantitative estimate of drug-likeness (QED) is 0.646. The number of ether oxygens (including phenoxy) is 2. The SMILES string of the molecule is ON=C1COc2cc(OCC3(O)CCCC3)ccc21. The van der Waals surface area contributed by atoms with Gasteiger partial charge in [-0.2, -0.15) is 0 Å². The summed E-state index contributed by atoms with van der Waals surface area (Å²) >= 11 is 0. The van der Waals surface area contributed by atoms with Gasteiger partial charge >= 0.3 is 0 Å². The third-order valence-electron chi connectivity index (χ3n) is 3.79. The van der Waals surface area contributed by atoms with E-state index in [1.807, 2.05) is 6.07 Å². The number of oxime groups is 1. The Labute approximate surface area is 111 Å². The third kappa shape index (κ3) is 2.38. The fourth-order valence-electron chi connectivity index (χ4n) is 2.65. The molecule has 0 atom stereocenters. The van der Waals surface area contributed by atoms with E-state index in [1.165, 1.54) is 0 Å². The summed E-state index contributed by atoms with van der Waals surface area (Å²) in [6.45, 7) is 0.589. The van der Waals surface area contributed by atoms with Crippen LogP contribution < -0.4 is 9.47 Å². The van der Waals surface area contributed by atoms with Crippen LogP contribution >= 0.6 is 0 Å². The molecule has 5 nitrogen and oxygen atoms in total. The molecule has 5 heteroatoms. The Kier molecular flexibility index (Phi) is 3.06. The van der Waals surface area contributed by atoms with Crippen LogP contribution in [0.1, 0.15) is 31.2 Å². The molecule has 1 aliphatic heterocycles. The minimum absolute atomic E-state index is 0.277. The minimum Gasteiger partial charge on any atom is -0.490 e. The van der Waals surface area contributed by atoms with E-state index in [4.69, 9.17) is 14.7 Å². The van der Waals surface area contributed by atoms with E-state index < -0.39 is 5.60 Å². The summed E-state index contributed by atoms with van der Waals surface area (Å²) in [6.07, 6.45) is 3.72. The number of fused-ring (bicyclic) bond motifs is 1. The van der Waals surface area contributed by atoms with Gasteiger partial charge in [-0.1, -0.05) is 18.0 Å². The first-order valence-electron chi connectivity index (χ1n) is 6.54. The van der Waals surface area contributed by atoms with Crippen molar-refractivity contribution in [3.8, 4) is 11.5 Å². The molecule has 1 aromatic rings. The Balaban J connectivity index is 1.70. The molecule has 0 radical (unpaired) electrons. The number of nitrogens with zero attached hydrogens (tertiary/aromatic N) is 1. The van der Waals surface area contributed by atoms with Crippen LogP contribution in [0.5, 0.6) is 11.5 Å². The van der Waals surface area contributed by atoms with Crippen molar-refractivity contribution in [2.75, 3.05) is 13.2 Å². The molecule has 0 unspecified atom stereocenters. The lowest BCUT2D eigenvalue weighted by molar-refractivity contribution is 0.00135. The van der Waals surface area contributed by atoms with Gasteiger partial charge in [0, 0.05) is 11.6 Å². The highest BCUT2D eigenvalue weighted by Gasteiger charge is 2.32. The largest absolute Gasteiger partial charge is 0.490 e. The van der Waals surface area contributed by atoms with E-state index in [2.05, 4.69) is 5.16 Å². The summed E-state index contributed by atoms with van der Waals surface area (Å²) < 4.78 is 11.1. The molecule has 0 bridgehead atoms. The molecular weight excluding hydrogens is 246 g/mol. The summed E-state index contributed by atoms with van der Waals surface area (Å²) in [6, 6.07) is 5.38. The van der Waals surface area contributed by atoms with Gasteiger partial charge in [0.25, 0.3) is 0 Å². The molecule has 0 spiro atoms. The molecule has 1 saturated carbocycles. The maximum atomic E-state index is 10.2. The maximum Gasteiger partial charge on any atom is 0.134 e. The Morgan fingerprint density at radius 1 is 1.32 bits per heavy atom. The fourth-order valence-corrected chi connectivity index (χ4v) is 2.65. The highest BCUT2D eigenvalue weighted by atomic mass is 16.5. The topological polar surface area (TPSA) is 71.3 Å². The van der Waals surface area contributed by atoms with Gasteiger partial charge in [0.1, 0.15) is 30.4 Å². The van der Waals surface area contributed by atoms with Crippen LogP contribution in [0.3, 0.4) is 0 Å². The molecule has 1 fully saturated rings. The van der Waals surface area contributed by atoms with Crippen LogP contribution in [0.25, 0.3) is 0 Å². The minimum atomic E-state index is -0.683. The Hall–Kier alpha value is -1.75. The number of aliphatic hydroxyl groups is 1. The van der Waals surface area contributed by atoms with Gasteiger partial charge in [0.05, 0.1) is 5.60 Å². The van der Waals surface area contributed by atoms with Crippen molar-refractivity contribution in [3.05, 3.63) is 23.8 Å². The lowest BCUT2D eigenvalue weighted by atomic mass is 10.0. The monoisotopic (exact) mass is 263 g/mol. The normalized spacial score (nSPS) is 22.3. The lowest BCUT2D eigenvalue weighted by Gasteiger charge is -2.22. The summed E-state index contributed by atoms with van der Waals surface area (Å²) in [5.41, 5.74) is 0.628. The first kappa shape index (κ1) is 12.3. The zero-order valence-electron chi connectivity index (χ0n) is 10.6. The van der Waals surface area contributed by atoms with Gasteiger partial charge in [0.2, 0.25) is 0 Å². The summed E-state index contributed by atoms with van der Waals surface area (Å²) in [4.78, 5) is 0. The van der Waals surface area contributed by atoms with Crippen LogP contribution in [0.2, 0.25) is 0 Å². The Bertz CT molecular complexity index is 506. The molecule has 3 rings (SSSR count). The average Bonchev–Trinajstić information content (AvgIpc) is 3.02. The zero-order chi connectivity index (χ0) is 13.3. The maximum absolute atomic E-state index is 10.2. The van der Waals surface area contributed by atoms with Crippen molar-refractivity contribution < 1.29 is 19.8 Å². The molecule has 19 heavy (non-hydrogen) atoms. The van der Waals surface area contributed by atoms with E-state index in [9.17, 15) is 5.11 Å². The van der Waals surface area contributed by atoms with Crippen molar-refractivity contribution in [2.24, 2.45) is 5.16 Å². The lowest BCUT2D eigenvalue weighted by Crippen LogP contribution is -2.32. The van der Waals surface area contributed by atoms with Gasteiger partial charge in [-0.25, -0.2) is 0 Å². The van der Waals surface area contributed by atoms with Crippen LogP contribution in [0.4, 0.5) is 0 Å². The van der Waals surface area contributed by atoms with E-state index in [0.717, 1.165) is 31.2 Å². The molecule has 1 heterocycles. The van der Waals surface area contributed by atoms with Crippen LogP contribution in [0, 0.1) is 0 Å². The summed E-state index contributed by atoms with van der Waals surface area (Å²) in [5.74, 6) is 1.32. The second-order valence-corrected chi connectivity index (χ2v) is 5.21. The van der Waals surface area contributed by atoms with E-state index in [1.54, 1.807) is 12.1 Å². The molecule has 1 aromatic carbocycles. The second-order valence-electron chi connectivity index (χ2n) is 5.21. The van der Waals surface area contributed by atoms with E-state index in [-0.39, 0.29) is 6.61 Å². The van der Waals surface area contributed by atoms with Crippen molar-refractivity contribution in [1.82, 2.24) is 0 Å². The highest BCUT2D eigenvalue weighted by Crippen LogP contribution is 2.33. The van der Waals surface area contributed by atoms with Gasteiger partial charge in [-0.3, -0.25) is 0 Å². The van der Waals surface area contributed by atoms with Crippen LogP contribution in [-0.4, -0.2) is 34.8 Å². The molecule has 0 amide bonds. The van der Waals surface area contributed by atoms with Crippen molar-refractivity contribution in [3.63, 3.8) is 0 Å². The average molecular weight is 263 g/mol. The van der Waals surface area contributed by atoms with E-state index in [0.29, 0.717) is 23.8 Å². The number of benzene rings is 1. The Morgan fingerprint density at radius 2 is 2.11 bits per heavy atom. The molecule has 102 valence electrons. The van der Waals surface area contributed by atoms with Crippen molar-refractivity contribution >= 4 is 5.71 Å². The summed E-state index contributed by atoms with van der Waals surface area (Å²) in [7, 11) is 0. The van der Waals surface area contributed by atoms with E-state index >= 15 is 0 Å².